The van der Waals surface area contributed by atoms with Crippen LogP contribution >= 0.6 is 0 Å². The second-order valence-corrected chi connectivity index (χ2v) is 7.13. The Morgan fingerprint density at radius 2 is 2.05 bits per heavy atom. The van der Waals surface area contributed by atoms with Crippen molar-refractivity contribution < 1.29 is 0 Å². The maximum Gasteiger partial charge on any atom is 0.0640 e. The highest BCUT2D eigenvalue weighted by molar-refractivity contribution is 5.03. The molecule has 0 amide bonds. The van der Waals surface area contributed by atoms with E-state index in [1.807, 2.05) is 0 Å². The SMILES string of the molecule is CC1CCCC(C(N)Cc2ccn(C3CCCC3)n2)C1. The molecule has 0 bridgehead atoms. The topological polar surface area (TPSA) is 43.8 Å². The predicted octanol–water partition coefficient (Wildman–Crippen LogP) is 3.69. The fourth-order valence-corrected chi connectivity index (χ4v) is 4.14. The van der Waals surface area contributed by atoms with E-state index in [0.717, 1.165) is 12.3 Å². The molecular weight excluding hydrogens is 246 g/mol. The zero-order valence-corrected chi connectivity index (χ0v) is 12.8. The lowest BCUT2D eigenvalue weighted by molar-refractivity contribution is 0.244. The summed E-state index contributed by atoms with van der Waals surface area (Å²) in [6.45, 7) is 2.37. The number of hydrogen-bond acceptors (Lipinski definition) is 2. The van der Waals surface area contributed by atoms with Crippen LogP contribution in [0.2, 0.25) is 0 Å². The molecule has 2 aliphatic rings. The summed E-state index contributed by atoms with van der Waals surface area (Å²) in [6.07, 6.45) is 13.8. The zero-order valence-electron chi connectivity index (χ0n) is 12.8. The summed E-state index contributed by atoms with van der Waals surface area (Å²) in [5, 5.41) is 4.78. The maximum atomic E-state index is 6.46. The quantitative estimate of drug-likeness (QED) is 0.910. The van der Waals surface area contributed by atoms with Gasteiger partial charge >= 0.3 is 0 Å². The molecule has 0 saturated heterocycles. The van der Waals surface area contributed by atoms with Gasteiger partial charge in [0.1, 0.15) is 0 Å². The second kappa shape index (κ2) is 6.30. The van der Waals surface area contributed by atoms with Crippen molar-refractivity contribution in [2.75, 3.05) is 0 Å². The van der Waals surface area contributed by atoms with E-state index in [2.05, 4.69) is 23.9 Å². The summed E-state index contributed by atoms with van der Waals surface area (Å²) in [5.41, 5.74) is 7.65. The molecule has 0 radical (unpaired) electrons. The fraction of sp³-hybridized carbons (Fsp3) is 0.824. The monoisotopic (exact) mass is 275 g/mol. The van der Waals surface area contributed by atoms with E-state index in [9.17, 15) is 0 Å². The highest BCUT2D eigenvalue weighted by atomic mass is 15.3. The highest BCUT2D eigenvalue weighted by Crippen LogP contribution is 2.31. The van der Waals surface area contributed by atoms with Crippen molar-refractivity contribution in [1.82, 2.24) is 9.78 Å². The largest absolute Gasteiger partial charge is 0.327 e. The molecule has 2 N–H and O–H groups in total. The Bertz CT molecular complexity index is 420. The second-order valence-electron chi connectivity index (χ2n) is 7.13. The summed E-state index contributed by atoms with van der Waals surface area (Å²) in [5.74, 6) is 1.56. The molecule has 3 rings (SSSR count). The molecule has 0 aliphatic heterocycles. The third kappa shape index (κ3) is 3.25. The number of nitrogens with two attached hydrogens (primary N) is 1. The van der Waals surface area contributed by atoms with Gasteiger partial charge in [0.25, 0.3) is 0 Å². The lowest BCUT2D eigenvalue weighted by Crippen LogP contribution is -2.35. The average Bonchev–Trinajstić information content (AvgIpc) is 3.08. The van der Waals surface area contributed by atoms with Crippen LogP contribution in [-0.4, -0.2) is 15.8 Å². The third-order valence-corrected chi connectivity index (χ3v) is 5.39. The van der Waals surface area contributed by atoms with Crippen LogP contribution in [0.25, 0.3) is 0 Å². The van der Waals surface area contributed by atoms with Crippen LogP contribution in [0.3, 0.4) is 0 Å². The molecule has 3 heteroatoms. The first-order chi connectivity index (χ1) is 9.72. The number of aromatic nitrogens is 2. The van der Waals surface area contributed by atoms with Gasteiger partial charge < -0.3 is 5.73 Å². The van der Waals surface area contributed by atoms with Crippen LogP contribution in [0, 0.1) is 11.8 Å². The van der Waals surface area contributed by atoms with Crippen LogP contribution in [0.5, 0.6) is 0 Å². The van der Waals surface area contributed by atoms with E-state index in [1.54, 1.807) is 0 Å². The van der Waals surface area contributed by atoms with E-state index >= 15 is 0 Å². The highest BCUT2D eigenvalue weighted by Gasteiger charge is 2.25. The van der Waals surface area contributed by atoms with Gasteiger partial charge in [0.15, 0.2) is 0 Å². The van der Waals surface area contributed by atoms with Gasteiger partial charge in [0.2, 0.25) is 0 Å². The molecule has 3 nitrogen and oxygen atoms in total. The summed E-state index contributed by atoms with van der Waals surface area (Å²) in [4.78, 5) is 0. The minimum absolute atomic E-state index is 0.296. The maximum absolute atomic E-state index is 6.46. The smallest absolute Gasteiger partial charge is 0.0640 e. The van der Waals surface area contributed by atoms with Crippen molar-refractivity contribution in [2.45, 2.75) is 76.8 Å². The van der Waals surface area contributed by atoms with E-state index in [0.29, 0.717) is 18.0 Å². The Morgan fingerprint density at radius 3 is 2.80 bits per heavy atom. The van der Waals surface area contributed by atoms with Gasteiger partial charge in [-0.1, -0.05) is 32.6 Å². The molecule has 3 unspecified atom stereocenters. The van der Waals surface area contributed by atoms with Crippen LogP contribution in [0.15, 0.2) is 12.3 Å². The summed E-state index contributed by atoms with van der Waals surface area (Å²) in [7, 11) is 0. The molecule has 0 spiro atoms. The first kappa shape index (κ1) is 14.1. The van der Waals surface area contributed by atoms with Crippen molar-refractivity contribution in [3.8, 4) is 0 Å². The number of nitrogens with zero attached hydrogens (tertiary/aromatic N) is 2. The number of rotatable bonds is 4. The third-order valence-electron chi connectivity index (χ3n) is 5.39. The molecule has 1 aromatic heterocycles. The lowest BCUT2D eigenvalue weighted by atomic mass is 9.78. The minimum atomic E-state index is 0.296. The molecule has 1 heterocycles. The summed E-state index contributed by atoms with van der Waals surface area (Å²) in [6, 6.07) is 3.13. The molecule has 3 atom stereocenters. The Morgan fingerprint density at radius 1 is 1.25 bits per heavy atom. The molecule has 0 aromatic carbocycles. The van der Waals surface area contributed by atoms with Gasteiger partial charge in [-0.05, 0) is 43.6 Å². The van der Waals surface area contributed by atoms with Crippen LogP contribution in [0.1, 0.15) is 70.0 Å². The van der Waals surface area contributed by atoms with Crippen molar-refractivity contribution in [2.24, 2.45) is 17.6 Å². The Hall–Kier alpha value is -0.830. The first-order valence-corrected chi connectivity index (χ1v) is 8.52. The molecule has 2 fully saturated rings. The normalized spacial score (nSPS) is 29.7. The Labute approximate surface area is 122 Å². The van der Waals surface area contributed by atoms with E-state index in [4.69, 9.17) is 10.8 Å². The molecule has 2 aliphatic carbocycles. The predicted molar refractivity (Wildman–Crippen MR) is 82.5 cm³/mol. The van der Waals surface area contributed by atoms with Crippen LogP contribution in [-0.2, 0) is 6.42 Å². The lowest BCUT2D eigenvalue weighted by Gasteiger charge is -2.30. The van der Waals surface area contributed by atoms with Gasteiger partial charge in [-0.15, -0.1) is 0 Å². The van der Waals surface area contributed by atoms with Crippen molar-refractivity contribution in [3.05, 3.63) is 18.0 Å². The molecule has 112 valence electrons. The average molecular weight is 275 g/mol. The van der Waals surface area contributed by atoms with E-state index < -0.39 is 0 Å². The Kier molecular flexibility index (Phi) is 4.45. The Balaban J connectivity index is 1.56. The fourth-order valence-electron chi connectivity index (χ4n) is 4.14. The number of hydrogen-bond donors (Lipinski definition) is 1. The van der Waals surface area contributed by atoms with Gasteiger partial charge in [0.05, 0.1) is 11.7 Å². The van der Waals surface area contributed by atoms with Gasteiger partial charge in [-0.3, -0.25) is 4.68 Å². The van der Waals surface area contributed by atoms with E-state index in [-0.39, 0.29) is 0 Å². The van der Waals surface area contributed by atoms with Crippen molar-refractivity contribution >= 4 is 0 Å². The van der Waals surface area contributed by atoms with Crippen molar-refractivity contribution in [1.29, 1.82) is 0 Å². The molecular formula is C17H29N3. The first-order valence-electron chi connectivity index (χ1n) is 8.52. The summed E-state index contributed by atoms with van der Waals surface area (Å²) < 4.78 is 2.19. The van der Waals surface area contributed by atoms with Gasteiger partial charge in [-0.25, -0.2) is 0 Å². The molecule has 2 saturated carbocycles. The van der Waals surface area contributed by atoms with E-state index in [1.165, 1.54) is 57.1 Å². The van der Waals surface area contributed by atoms with Crippen LogP contribution < -0.4 is 5.73 Å². The standard InChI is InChI=1S/C17H29N3/c1-13-5-4-6-14(11-13)17(18)12-15-9-10-20(19-15)16-7-2-3-8-16/h9-10,13-14,16-17H,2-8,11-12,18H2,1H3. The van der Waals surface area contributed by atoms with Gasteiger partial charge in [0, 0.05) is 18.7 Å². The zero-order chi connectivity index (χ0) is 13.9. The minimum Gasteiger partial charge on any atom is -0.327 e. The summed E-state index contributed by atoms with van der Waals surface area (Å²) >= 11 is 0. The van der Waals surface area contributed by atoms with Crippen LogP contribution in [0.4, 0.5) is 0 Å². The van der Waals surface area contributed by atoms with Gasteiger partial charge in [-0.2, -0.15) is 5.10 Å². The molecule has 1 aromatic rings. The molecule has 20 heavy (non-hydrogen) atoms. The van der Waals surface area contributed by atoms with Crippen molar-refractivity contribution in [3.63, 3.8) is 0 Å².